The molecule has 0 aliphatic heterocycles. The minimum atomic E-state index is -3.54. The van der Waals surface area contributed by atoms with E-state index in [9.17, 15) is 18.0 Å². The third-order valence-corrected chi connectivity index (χ3v) is 4.63. The average Bonchev–Trinajstić information content (AvgIpc) is 2.44. The van der Waals surface area contributed by atoms with Crippen LogP contribution in [0.4, 0.5) is 5.69 Å². The Morgan fingerprint density at radius 2 is 1.91 bits per heavy atom. The molecular formula is C14H20N2O5S. The lowest BCUT2D eigenvalue weighted by atomic mass is 10.1. The highest BCUT2D eigenvalue weighted by Gasteiger charge is 2.25. The van der Waals surface area contributed by atoms with E-state index in [4.69, 9.17) is 5.11 Å². The zero-order chi connectivity index (χ0) is 16.9. The van der Waals surface area contributed by atoms with Crippen LogP contribution in [0.5, 0.6) is 0 Å². The quantitative estimate of drug-likeness (QED) is 0.787. The van der Waals surface area contributed by atoms with Crippen LogP contribution in [0.25, 0.3) is 0 Å². The SMILES string of the molecule is CCCS(=O)(=O)Nc1ccccc1C(=O)N(C)C(C)C(=O)O. The molecule has 0 saturated heterocycles. The van der Waals surface area contributed by atoms with E-state index in [1.165, 1.54) is 26.1 Å². The first-order chi connectivity index (χ1) is 10.2. The van der Waals surface area contributed by atoms with Gasteiger partial charge in [-0.25, -0.2) is 13.2 Å². The zero-order valence-corrected chi connectivity index (χ0v) is 13.6. The van der Waals surface area contributed by atoms with Crippen LogP contribution in [-0.2, 0) is 14.8 Å². The van der Waals surface area contributed by atoms with Crippen LogP contribution in [0.15, 0.2) is 24.3 Å². The summed E-state index contributed by atoms with van der Waals surface area (Å²) in [5.41, 5.74) is 0.253. The largest absolute Gasteiger partial charge is 0.480 e. The molecule has 22 heavy (non-hydrogen) atoms. The van der Waals surface area contributed by atoms with E-state index in [1.807, 2.05) is 0 Å². The van der Waals surface area contributed by atoms with Crippen LogP contribution < -0.4 is 4.72 Å². The Labute approximate surface area is 130 Å². The molecule has 1 rings (SSSR count). The van der Waals surface area contributed by atoms with Crippen LogP contribution >= 0.6 is 0 Å². The number of sulfonamides is 1. The van der Waals surface area contributed by atoms with Crippen LogP contribution in [0.1, 0.15) is 30.6 Å². The number of aliphatic carboxylic acids is 1. The van der Waals surface area contributed by atoms with Crippen molar-refractivity contribution in [3.05, 3.63) is 29.8 Å². The van der Waals surface area contributed by atoms with Crippen molar-refractivity contribution in [1.82, 2.24) is 4.90 Å². The molecule has 1 aromatic carbocycles. The number of para-hydroxylation sites is 1. The van der Waals surface area contributed by atoms with Crippen molar-refractivity contribution in [2.75, 3.05) is 17.5 Å². The van der Waals surface area contributed by atoms with E-state index in [2.05, 4.69) is 4.72 Å². The van der Waals surface area contributed by atoms with Crippen LogP contribution in [0.3, 0.4) is 0 Å². The van der Waals surface area contributed by atoms with Gasteiger partial charge in [-0.15, -0.1) is 0 Å². The summed E-state index contributed by atoms with van der Waals surface area (Å²) < 4.78 is 26.1. The van der Waals surface area contributed by atoms with E-state index in [-0.39, 0.29) is 17.0 Å². The van der Waals surface area contributed by atoms with Gasteiger partial charge in [0.2, 0.25) is 10.0 Å². The number of nitrogens with one attached hydrogen (secondary N) is 1. The zero-order valence-electron chi connectivity index (χ0n) is 12.7. The number of rotatable bonds is 7. The molecule has 0 bridgehead atoms. The number of carboxylic acid groups (broad SMARTS) is 1. The Morgan fingerprint density at radius 1 is 1.32 bits per heavy atom. The maximum absolute atomic E-state index is 12.4. The van der Waals surface area contributed by atoms with Gasteiger partial charge in [-0.3, -0.25) is 9.52 Å². The summed E-state index contributed by atoms with van der Waals surface area (Å²) >= 11 is 0. The van der Waals surface area contributed by atoms with Crippen molar-refractivity contribution < 1.29 is 23.1 Å². The highest BCUT2D eigenvalue weighted by atomic mass is 32.2. The van der Waals surface area contributed by atoms with Crippen molar-refractivity contribution >= 4 is 27.6 Å². The molecule has 0 spiro atoms. The Balaban J connectivity index is 3.11. The highest BCUT2D eigenvalue weighted by molar-refractivity contribution is 7.92. The average molecular weight is 328 g/mol. The van der Waals surface area contributed by atoms with Crippen molar-refractivity contribution in [2.24, 2.45) is 0 Å². The Bertz CT molecular complexity index is 657. The Hall–Kier alpha value is -2.09. The second-order valence-corrected chi connectivity index (χ2v) is 6.74. The summed E-state index contributed by atoms with van der Waals surface area (Å²) in [5, 5.41) is 8.97. The van der Waals surface area contributed by atoms with E-state index in [0.717, 1.165) is 4.90 Å². The van der Waals surface area contributed by atoms with Gasteiger partial charge in [0.05, 0.1) is 17.0 Å². The minimum Gasteiger partial charge on any atom is -0.480 e. The van der Waals surface area contributed by atoms with Gasteiger partial charge in [0, 0.05) is 7.05 Å². The summed E-state index contributed by atoms with van der Waals surface area (Å²) in [4.78, 5) is 24.4. The van der Waals surface area contributed by atoms with E-state index in [1.54, 1.807) is 19.1 Å². The second kappa shape index (κ2) is 7.26. The number of carboxylic acids is 1. The molecule has 1 unspecified atom stereocenters. The van der Waals surface area contributed by atoms with Gasteiger partial charge in [0.15, 0.2) is 0 Å². The Kier molecular flexibility index (Phi) is 5.92. The van der Waals surface area contributed by atoms with E-state index in [0.29, 0.717) is 6.42 Å². The molecule has 122 valence electrons. The van der Waals surface area contributed by atoms with Gasteiger partial charge in [0.1, 0.15) is 6.04 Å². The van der Waals surface area contributed by atoms with E-state index >= 15 is 0 Å². The summed E-state index contributed by atoms with van der Waals surface area (Å²) in [5.74, 6) is -1.76. The molecule has 2 N–H and O–H groups in total. The number of hydrogen-bond donors (Lipinski definition) is 2. The summed E-state index contributed by atoms with van der Waals surface area (Å²) in [7, 11) is -2.18. The first kappa shape index (κ1) is 18.0. The molecule has 0 aliphatic rings. The molecule has 0 radical (unpaired) electrons. The highest BCUT2D eigenvalue weighted by Crippen LogP contribution is 2.19. The van der Waals surface area contributed by atoms with Crippen molar-refractivity contribution in [3.63, 3.8) is 0 Å². The lowest BCUT2D eigenvalue weighted by Gasteiger charge is -2.23. The van der Waals surface area contributed by atoms with E-state index < -0.39 is 27.9 Å². The number of carbonyl (C=O) groups excluding carboxylic acids is 1. The van der Waals surface area contributed by atoms with Crippen molar-refractivity contribution in [2.45, 2.75) is 26.3 Å². The molecule has 7 nitrogen and oxygen atoms in total. The van der Waals surface area contributed by atoms with Crippen LogP contribution in [0, 0.1) is 0 Å². The van der Waals surface area contributed by atoms with Gasteiger partial charge < -0.3 is 10.0 Å². The molecule has 0 heterocycles. The number of hydrogen-bond acceptors (Lipinski definition) is 4. The molecule has 0 aromatic heterocycles. The fourth-order valence-corrected chi connectivity index (χ4v) is 2.93. The monoisotopic (exact) mass is 328 g/mol. The van der Waals surface area contributed by atoms with Gasteiger partial charge in [0.25, 0.3) is 5.91 Å². The van der Waals surface area contributed by atoms with Gasteiger partial charge in [-0.1, -0.05) is 19.1 Å². The molecule has 0 fully saturated rings. The fraction of sp³-hybridized carbons (Fsp3) is 0.429. The van der Waals surface area contributed by atoms with Gasteiger partial charge >= 0.3 is 5.97 Å². The predicted octanol–water partition coefficient (Wildman–Crippen LogP) is 1.38. The molecule has 0 saturated carbocycles. The second-order valence-electron chi connectivity index (χ2n) is 4.90. The maximum atomic E-state index is 12.4. The third-order valence-electron chi connectivity index (χ3n) is 3.15. The van der Waals surface area contributed by atoms with Crippen LogP contribution in [-0.4, -0.2) is 49.1 Å². The topological polar surface area (TPSA) is 104 Å². The number of likely N-dealkylation sites (N-methyl/N-ethyl adjacent to an activating group) is 1. The normalized spacial score (nSPS) is 12.5. The molecule has 0 aliphatic carbocycles. The Morgan fingerprint density at radius 3 is 2.45 bits per heavy atom. The summed E-state index contributed by atoms with van der Waals surface area (Å²) in [6, 6.07) is 5.09. The van der Waals surface area contributed by atoms with Gasteiger partial charge in [-0.2, -0.15) is 0 Å². The molecule has 1 aromatic rings. The number of benzene rings is 1. The lowest BCUT2D eigenvalue weighted by molar-refractivity contribution is -0.141. The number of anilines is 1. The summed E-state index contributed by atoms with van der Waals surface area (Å²) in [6.07, 6.45) is 0.446. The number of amides is 1. The maximum Gasteiger partial charge on any atom is 0.326 e. The lowest BCUT2D eigenvalue weighted by Crippen LogP contribution is -2.40. The molecular weight excluding hydrogens is 308 g/mol. The van der Waals surface area contributed by atoms with Gasteiger partial charge in [-0.05, 0) is 25.5 Å². The summed E-state index contributed by atoms with van der Waals surface area (Å²) in [6.45, 7) is 3.11. The molecule has 8 heteroatoms. The first-order valence-corrected chi connectivity index (χ1v) is 8.44. The first-order valence-electron chi connectivity index (χ1n) is 6.79. The third kappa shape index (κ3) is 4.45. The standard InChI is InChI=1S/C14H20N2O5S/c1-4-9-22(20,21)15-12-8-6-5-7-11(12)13(17)16(3)10(2)14(18)19/h5-8,10,15H,4,9H2,1-3H3,(H,18,19). The molecule has 1 atom stereocenters. The number of carbonyl (C=O) groups is 2. The van der Waals surface area contributed by atoms with Crippen molar-refractivity contribution in [1.29, 1.82) is 0 Å². The minimum absolute atomic E-state index is 0.0586. The predicted molar refractivity (Wildman–Crippen MR) is 83.3 cm³/mol. The smallest absolute Gasteiger partial charge is 0.326 e. The fourth-order valence-electron chi connectivity index (χ4n) is 1.78. The van der Waals surface area contributed by atoms with Crippen molar-refractivity contribution in [3.8, 4) is 0 Å². The van der Waals surface area contributed by atoms with Crippen LogP contribution in [0.2, 0.25) is 0 Å². The number of nitrogens with zero attached hydrogens (tertiary/aromatic N) is 1. The molecule has 1 amide bonds.